The van der Waals surface area contributed by atoms with Gasteiger partial charge in [0.15, 0.2) is 0 Å². The van der Waals surface area contributed by atoms with E-state index in [1.54, 1.807) is 23.1 Å². The molecule has 1 aliphatic rings. The lowest BCUT2D eigenvalue weighted by atomic mass is 10.0. The molecule has 1 aromatic carbocycles. The van der Waals surface area contributed by atoms with Crippen LogP contribution in [0.3, 0.4) is 0 Å². The third kappa shape index (κ3) is 4.59. The van der Waals surface area contributed by atoms with Crippen molar-refractivity contribution in [1.29, 1.82) is 0 Å². The molecule has 7 nitrogen and oxygen atoms in total. The molecule has 0 spiro atoms. The molecule has 1 atom stereocenters. The zero-order chi connectivity index (χ0) is 20.1. The van der Waals surface area contributed by atoms with E-state index >= 15 is 0 Å². The Morgan fingerprint density at radius 1 is 1.43 bits per heavy atom. The molecule has 2 amide bonds. The summed E-state index contributed by atoms with van der Waals surface area (Å²) < 4.78 is 5.48. The van der Waals surface area contributed by atoms with Crippen molar-refractivity contribution in [1.82, 2.24) is 19.9 Å². The standard InChI is InChI=1S/C20H23ClN4O3/c1-3-10-24(14(2)26)13-18(27)25-11-5-4-9-17(25)20-22-19(23-28-20)15-7-6-8-16(21)12-15/h3,6-8,12,17H,1,4-5,9-11,13H2,2H3/t17-/m1/s1. The molecule has 8 heteroatoms. The largest absolute Gasteiger partial charge is 0.337 e. The van der Waals surface area contributed by atoms with Crippen molar-refractivity contribution in [3.8, 4) is 11.4 Å². The second-order valence-electron chi connectivity index (χ2n) is 6.75. The molecule has 0 bridgehead atoms. The summed E-state index contributed by atoms with van der Waals surface area (Å²) in [6.45, 7) is 6.02. The fourth-order valence-electron chi connectivity index (χ4n) is 3.32. The number of likely N-dealkylation sites (tertiary alicyclic amines) is 1. The molecule has 0 N–H and O–H groups in total. The van der Waals surface area contributed by atoms with Crippen molar-refractivity contribution in [3.63, 3.8) is 0 Å². The van der Waals surface area contributed by atoms with Gasteiger partial charge < -0.3 is 14.3 Å². The summed E-state index contributed by atoms with van der Waals surface area (Å²) in [5, 5.41) is 4.64. The number of amides is 2. The van der Waals surface area contributed by atoms with E-state index < -0.39 is 0 Å². The molecule has 1 fully saturated rings. The number of benzene rings is 1. The maximum Gasteiger partial charge on any atom is 0.249 e. The average Bonchev–Trinajstić information content (AvgIpc) is 3.17. The van der Waals surface area contributed by atoms with E-state index in [2.05, 4.69) is 16.7 Å². The van der Waals surface area contributed by atoms with Gasteiger partial charge in [-0.15, -0.1) is 6.58 Å². The lowest BCUT2D eigenvalue weighted by molar-refractivity contribution is -0.142. The van der Waals surface area contributed by atoms with E-state index in [1.807, 2.05) is 12.1 Å². The number of nitrogens with zero attached hydrogens (tertiary/aromatic N) is 4. The van der Waals surface area contributed by atoms with E-state index in [1.165, 1.54) is 11.8 Å². The van der Waals surface area contributed by atoms with Gasteiger partial charge in [0.25, 0.3) is 0 Å². The third-order valence-electron chi connectivity index (χ3n) is 4.75. The summed E-state index contributed by atoms with van der Waals surface area (Å²) in [4.78, 5) is 32.3. The summed E-state index contributed by atoms with van der Waals surface area (Å²) in [6, 6.07) is 6.92. The molecule has 28 heavy (non-hydrogen) atoms. The molecule has 3 rings (SSSR count). The third-order valence-corrected chi connectivity index (χ3v) is 4.99. The summed E-state index contributed by atoms with van der Waals surface area (Å²) in [5.41, 5.74) is 0.755. The second kappa shape index (κ2) is 9.01. The van der Waals surface area contributed by atoms with E-state index in [0.717, 1.165) is 24.8 Å². The molecule has 2 heterocycles. The summed E-state index contributed by atoms with van der Waals surface area (Å²) in [5.74, 6) is 0.542. The fourth-order valence-corrected chi connectivity index (χ4v) is 3.51. The molecule has 148 valence electrons. The Balaban J connectivity index is 1.79. The van der Waals surface area contributed by atoms with Crippen LogP contribution < -0.4 is 0 Å². The van der Waals surface area contributed by atoms with E-state index in [9.17, 15) is 9.59 Å². The summed E-state index contributed by atoms with van der Waals surface area (Å²) in [6.07, 6.45) is 4.22. The van der Waals surface area contributed by atoms with Crippen molar-refractivity contribution in [3.05, 3.63) is 47.8 Å². The number of halogens is 1. The number of hydrogen-bond donors (Lipinski definition) is 0. The Morgan fingerprint density at radius 2 is 2.25 bits per heavy atom. The minimum absolute atomic E-state index is 0.00708. The predicted octanol–water partition coefficient (Wildman–Crippen LogP) is 3.48. The second-order valence-corrected chi connectivity index (χ2v) is 7.19. The van der Waals surface area contributed by atoms with Gasteiger partial charge in [-0.05, 0) is 31.4 Å². The quantitative estimate of drug-likeness (QED) is 0.691. The Hall–Kier alpha value is -2.67. The fraction of sp³-hybridized carbons (Fsp3) is 0.400. The number of hydrogen-bond acceptors (Lipinski definition) is 5. The molecule has 0 radical (unpaired) electrons. The van der Waals surface area contributed by atoms with Crippen LogP contribution in [0.5, 0.6) is 0 Å². The molecule has 0 unspecified atom stereocenters. The van der Waals surface area contributed by atoms with Gasteiger partial charge in [-0.1, -0.05) is 35.0 Å². The van der Waals surface area contributed by atoms with Crippen LogP contribution in [-0.4, -0.2) is 51.4 Å². The molecule has 0 aliphatic carbocycles. The van der Waals surface area contributed by atoms with Crippen molar-refractivity contribution in [2.45, 2.75) is 32.2 Å². The number of piperidine rings is 1. The van der Waals surface area contributed by atoms with Gasteiger partial charge in [-0.2, -0.15) is 4.98 Å². The first kappa shape index (κ1) is 20.1. The van der Waals surface area contributed by atoms with Crippen molar-refractivity contribution in [2.24, 2.45) is 0 Å². The van der Waals surface area contributed by atoms with Crippen molar-refractivity contribution < 1.29 is 14.1 Å². The van der Waals surface area contributed by atoms with E-state index in [0.29, 0.717) is 29.8 Å². The van der Waals surface area contributed by atoms with E-state index in [4.69, 9.17) is 16.1 Å². The molecule has 1 saturated heterocycles. The first-order chi connectivity index (χ1) is 13.5. The topological polar surface area (TPSA) is 79.5 Å². The van der Waals surface area contributed by atoms with Gasteiger partial charge >= 0.3 is 0 Å². The van der Waals surface area contributed by atoms with Crippen molar-refractivity contribution >= 4 is 23.4 Å². The molecule has 1 aromatic heterocycles. The highest BCUT2D eigenvalue weighted by Gasteiger charge is 2.33. The van der Waals surface area contributed by atoms with Gasteiger partial charge in [0.1, 0.15) is 12.6 Å². The monoisotopic (exact) mass is 402 g/mol. The summed E-state index contributed by atoms with van der Waals surface area (Å²) >= 11 is 6.04. The number of carbonyl (C=O) groups is 2. The summed E-state index contributed by atoms with van der Waals surface area (Å²) in [7, 11) is 0. The SMILES string of the molecule is C=CCN(CC(=O)N1CCCC[C@@H]1c1nc(-c2cccc(Cl)c2)no1)C(C)=O. The molecule has 1 aliphatic heterocycles. The minimum atomic E-state index is -0.292. The van der Waals surface area contributed by atoms with Crippen molar-refractivity contribution in [2.75, 3.05) is 19.6 Å². The van der Waals surface area contributed by atoms with Gasteiger partial charge in [-0.25, -0.2) is 0 Å². The first-order valence-corrected chi connectivity index (χ1v) is 9.63. The predicted molar refractivity (Wildman–Crippen MR) is 106 cm³/mol. The maximum atomic E-state index is 12.9. The first-order valence-electron chi connectivity index (χ1n) is 9.25. The number of rotatable bonds is 6. The van der Waals surface area contributed by atoms with Crippen LogP contribution in [0, 0.1) is 0 Å². The van der Waals surface area contributed by atoms with Gasteiger partial charge in [0, 0.05) is 30.6 Å². The Morgan fingerprint density at radius 3 is 2.96 bits per heavy atom. The zero-order valence-corrected chi connectivity index (χ0v) is 16.6. The number of aromatic nitrogens is 2. The number of carbonyl (C=O) groups excluding carboxylic acids is 2. The van der Waals surface area contributed by atoms with Gasteiger partial charge in [0.2, 0.25) is 23.5 Å². The maximum absolute atomic E-state index is 12.9. The van der Waals surface area contributed by atoms with E-state index in [-0.39, 0.29) is 24.4 Å². The lowest BCUT2D eigenvalue weighted by Gasteiger charge is -2.34. The minimum Gasteiger partial charge on any atom is -0.337 e. The van der Waals surface area contributed by atoms with Crippen LogP contribution in [0.1, 0.15) is 38.1 Å². The smallest absolute Gasteiger partial charge is 0.249 e. The molecular formula is C20H23ClN4O3. The normalized spacial score (nSPS) is 16.6. The van der Waals surface area contributed by atoms with Crippen LogP contribution in [-0.2, 0) is 9.59 Å². The Bertz CT molecular complexity index is 867. The van der Waals surface area contributed by atoms with Crippen LogP contribution in [0.15, 0.2) is 41.4 Å². The molecule has 0 saturated carbocycles. The average molecular weight is 403 g/mol. The Kier molecular flexibility index (Phi) is 6.46. The highest BCUT2D eigenvalue weighted by Crippen LogP contribution is 2.31. The highest BCUT2D eigenvalue weighted by molar-refractivity contribution is 6.30. The van der Waals surface area contributed by atoms with Gasteiger partial charge in [-0.3, -0.25) is 9.59 Å². The highest BCUT2D eigenvalue weighted by atomic mass is 35.5. The zero-order valence-electron chi connectivity index (χ0n) is 15.8. The Labute approximate surface area is 169 Å². The molecule has 2 aromatic rings. The van der Waals surface area contributed by atoms with Crippen LogP contribution in [0.25, 0.3) is 11.4 Å². The van der Waals surface area contributed by atoms with Crippen LogP contribution in [0.4, 0.5) is 0 Å². The van der Waals surface area contributed by atoms with Gasteiger partial charge in [0.05, 0.1) is 0 Å². The molecular weight excluding hydrogens is 380 g/mol. The lowest BCUT2D eigenvalue weighted by Crippen LogP contribution is -2.45. The van der Waals surface area contributed by atoms with Crippen LogP contribution >= 0.6 is 11.6 Å². The van der Waals surface area contributed by atoms with Crippen LogP contribution in [0.2, 0.25) is 5.02 Å².